The number of esters is 1. The Kier molecular flexibility index (Phi) is 5.30. The molecular weight excluding hydrogens is 476 g/mol. The summed E-state index contributed by atoms with van der Waals surface area (Å²) in [5, 5.41) is 0.318. The molecule has 8 nitrogen and oxygen atoms in total. The maximum Gasteiger partial charge on any atom is 0.312 e. The van der Waals surface area contributed by atoms with Crippen molar-refractivity contribution in [3.05, 3.63) is 99.1 Å². The van der Waals surface area contributed by atoms with Gasteiger partial charge in [0.15, 0.2) is 11.2 Å². The molecular formula is C29H20O8. The van der Waals surface area contributed by atoms with Gasteiger partial charge in [0.25, 0.3) is 0 Å². The molecule has 0 bridgehead atoms. The second-order valence-electron chi connectivity index (χ2n) is 8.65. The van der Waals surface area contributed by atoms with E-state index < -0.39 is 11.9 Å². The van der Waals surface area contributed by atoms with Gasteiger partial charge in [-0.3, -0.25) is 14.4 Å². The Morgan fingerprint density at radius 1 is 0.946 bits per heavy atom. The summed E-state index contributed by atoms with van der Waals surface area (Å²) in [7, 11) is 3.05. The number of carbonyl (C=O) groups excluding carboxylic acids is 2. The highest BCUT2D eigenvalue weighted by Gasteiger charge is 2.39. The van der Waals surface area contributed by atoms with E-state index in [1.54, 1.807) is 55.7 Å². The fourth-order valence-corrected chi connectivity index (χ4v) is 4.79. The van der Waals surface area contributed by atoms with Crippen molar-refractivity contribution < 1.29 is 33.0 Å². The van der Waals surface area contributed by atoms with E-state index in [1.807, 2.05) is 12.1 Å². The van der Waals surface area contributed by atoms with Gasteiger partial charge in [-0.05, 0) is 42.5 Å². The van der Waals surface area contributed by atoms with Crippen LogP contribution in [0.15, 0.2) is 75.8 Å². The number of fused-ring (bicyclic) bond motifs is 4. The minimum absolute atomic E-state index is 0.0961. The number of hydrogen-bond donors (Lipinski definition) is 0. The third-order valence-electron chi connectivity index (χ3n) is 6.59. The zero-order valence-corrected chi connectivity index (χ0v) is 19.9. The first-order chi connectivity index (χ1) is 18.0. The van der Waals surface area contributed by atoms with Gasteiger partial charge < -0.3 is 23.4 Å². The van der Waals surface area contributed by atoms with Crippen LogP contribution in [0.1, 0.15) is 39.4 Å². The molecule has 37 heavy (non-hydrogen) atoms. The summed E-state index contributed by atoms with van der Waals surface area (Å²) in [6.45, 7) is 0. The first kappa shape index (κ1) is 22.6. The van der Waals surface area contributed by atoms with Crippen molar-refractivity contribution in [3.63, 3.8) is 0 Å². The van der Waals surface area contributed by atoms with Crippen molar-refractivity contribution in [1.29, 1.82) is 0 Å². The Morgan fingerprint density at radius 3 is 2.59 bits per heavy atom. The fraction of sp³-hybridized carbons (Fsp3) is 0.138. The summed E-state index contributed by atoms with van der Waals surface area (Å²) >= 11 is 0. The van der Waals surface area contributed by atoms with Crippen LogP contribution in [0, 0.1) is 0 Å². The third kappa shape index (κ3) is 3.65. The lowest BCUT2D eigenvalue weighted by molar-refractivity contribution is -0.135. The van der Waals surface area contributed by atoms with Crippen molar-refractivity contribution in [2.45, 2.75) is 12.3 Å². The summed E-state index contributed by atoms with van der Waals surface area (Å²) in [6, 6.07) is 15.3. The largest absolute Gasteiger partial charge is 0.497 e. The van der Waals surface area contributed by atoms with Gasteiger partial charge in [0.05, 0.1) is 37.9 Å². The molecule has 1 unspecified atom stereocenters. The normalized spacial score (nSPS) is 17.2. The molecule has 0 spiro atoms. The molecule has 1 aromatic heterocycles. The monoisotopic (exact) mass is 496 g/mol. The van der Waals surface area contributed by atoms with E-state index in [4.69, 9.17) is 23.4 Å². The Balaban J connectivity index is 1.50. The van der Waals surface area contributed by atoms with Crippen LogP contribution >= 0.6 is 0 Å². The Hall–Kier alpha value is -4.85. The number of methoxy groups -OCH3 is 2. The van der Waals surface area contributed by atoms with Crippen LogP contribution in [0.5, 0.6) is 23.0 Å². The molecule has 0 saturated heterocycles. The SMILES string of the molecule is COc1ccc2occ(C3CC(=O)Oc4ccc5c(c43)O/C(=C\c3ccccc3OC)C5=O)c(=O)c2c1. The van der Waals surface area contributed by atoms with Crippen LogP contribution in [0.3, 0.4) is 0 Å². The van der Waals surface area contributed by atoms with E-state index >= 15 is 0 Å². The second kappa shape index (κ2) is 8.67. The van der Waals surface area contributed by atoms with Gasteiger partial charge in [0, 0.05) is 22.6 Å². The molecule has 1 atom stereocenters. The van der Waals surface area contributed by atoms with Gasteiger partial charge in [0.2, 0.25) is 5.78 Å². The van der Waals surface area contributed by atoms with E-state index in [0.29, 0.717) is 39.2 Å². The van der Waals surface area contributed by atoms with E-state index in [-0.39, 0.29) is 40.5 Å². The van der Waals surface area contributed by atoms with E-state index in [2.05, 4.69) is 0 Å². The molecule has 0 saturated carbocycles. The lowest BCUT2D eigenvalue weighted by Crippen LogP contribution is -2.25. The molecule has 8 heteroatoms. The molecule has 2 aliphatic heterocycles. The minimum Gasteiger partial charge on any atom is -0.497 e. The number of hydrogen-bond acceptors (Lipinski definition) is 8. The van der Waals surface area contributed by atoms with Crippen molar-refractivity contribution >= 4 is 28.8 Å². The van der Waals surface area contributed by atoms with Crippen LogP contribution < -0.4 is 24.4 Å². The molecule has 6 rings (SSSR count). The standard InChI is InChI=1S/C29H20O8/c1-33-16-7-9-22-19(12-16)27(31)20(14-35-22)18-13-25(30)36-23-10-8-17-28(32)24(37-29(17)26(18)23)11-15-5-3-4-6-21(15)34-2/h3-12,14,18H,13H2,1-2H3/b24-11-. The molecule has 0 radical (unpaired) electrons. The van der Waals surface area contributed by atoms with Gasteiger partial charge in [-0.1, -0.05) is 18.2 Å². The molecule has 184 valence electrons. The molecule has 0 N–H and O–H groups in total. The highest BCUT2D eigenvalue weighted by atomic mass is 16.5. The highest BCUT2D eigenvalue weighted by Crippen LogP contribution is 2.48. The topological polar surface area (TPSA) is 101 Å². The number of Topliss-reactive ketones (excluding diaryl/α,β-unsaturated/α-hetero) is 1. The number of benzene rings is 3. The van der Waals surface area contributed by atoms with E-state index in [9.17, 15) is 14.4 Å². The summed E-state index contributed by atoms with van der Waals surface area (Å²) in [5.41, 5.74) is 1.77. The van der Waals surface area contributed by atoms with Crippen molar-refractivity contribution in [2.24, 2.45) is 0 Å². The average molecular weight is 496 g/mol. The molecule has 3 heterocycles. The first-order valence-corrected chi connectivity index (χ1v) is 11.5. The third-order valence-corrected chi connectivity index (χ3v) is 6.59. The summed E-state index contributed by atoms with van der Waals surface area (Å²) < 4.78 is 28.0. The summed E-state index contributed by atoms with van der Waals surface area (Å²) in [5.74, 6) is 0.103. The smallest absolute Gasteiger partial charge is 0.312 e. The lowest BCUT2D eigenvalue weighted by atomic mass is 9.85. The Labute approximate surface area is 210 Å². The van der Waals surface area contributed by atoms with Crippen LogP contribution in [-0.2, 0) is 4.79 Å². The Morgan fingerprint density at radius 2 is 1.78 bits per heavy atom. The molecule has 0 amide bonds. The molecule has 4 aromatic rings. The molecule has 2 aliphatic rings. The number of allylic oxidation sites excluding steroid dienone is 1. The van der Waals surface area contributed by atoms with Crippen molar-refractivity contribution in [3.8, 4) is 23.0 Å². The van der Waals surface area contributed by atoms with Gasteiger partial charge in [0.1, 0.15) is 28.6 Å². The van der Waals surface area contributed by atoms with E-state index in [0.717, 1.165) is 0 Å². The molecule has 0 aliphatic carbocycles. The zero-order chi connectivity index (χ0) is 25.7. The van der Waals surface area contributed by atoms with E-state index in [1.165, 1.54) is 13.4 Å². The van der Waals surface area contributed by atoms with Crippen LogP contribution in [-0.4, -0.2) is 26.0 Å². The molecule has 0 fully saturated rings. The first-order valence-electron chi connectivity index (χ1n) is 11.5. The van der Waals surface area contributed by atoms with Gasteiger partial charge in [-0.2, -0.15) is 0 Å². The van der Waals surface area contributed by atoms with Crippen molar-refractivity contribution in [1.82, 2.24) is 0 Å². The maximum atomic E-state index is 13.6. The minimum atomic E-state index is -0.739. The Bertz CT molecular complexity index is 1690. The zero-order valence-electron chi connectivity index (χ0n) is 19.9. The van der Waals surface area contributed by atoms with Gasteiger partial charge in [-0.15, -0.1) is 0 Å². The van der Waals surface area contributed by atoms with Crippen LogP contribution in [0.2, 0.25) is 0 Å². The number of para-hydroxylation sites is 1. The number of rotatable bonds is 4. The van der Waals surface area contributed by atoms with Crippen LogP contribution in [0.4, 0.5) is 0 Å². The molecule has 3 aromatic carbocycles. The predicted octanol–water partition coefficient (Wildman–Crippen LogP) is 4.87. The van der Waals surface area contributed by atoms with Crippen LogP contribution in [0.25, 0.3) is 17.0 Å². The van der Waals surface area contributed by atoms with Gasteiger partial charge >= 0.3 is 5.97 Å². The van der Waals surface area contributed by atoms with Gasteiger partial charge in [-0.25, -0.2) is 0 Å². The fourth-order valence-electron chi connectivity index (χ4n) is 4.79. The quantitative estimate of drug-likeness (QED) is 0.224. The summed E-state index contributed by atoms with van der Waals surface area (Å²) in [6.07, 6.45) is 2.84. The summed E-state index contributed by atoms with van der Waals surface area (Å²) in [4.78, 5) is 39.3. The number of carbonyl (C=O) groups is 2. The second-order valence-corrected chi connectivity index (χ2v) is 8.65. The highest BCUT2D eigenvalue weighted by molar-refractivity contribution is 6.15. The lowest BCUT2D eigenvalue weighted by Gasteiger charge is -2.25. The maximum absolute atomic E-state index is 13.6. The predicted molar refractivity (Wildman–Crippen MR) is 134 cm³/mol. The number of ketones is 1. The van der Waals surface area contributed by atoms with Crippen molar-refractivity contribution in [2.75, 3.05) is 14.2 Å². The average Bonchev–Trinajstić information content (AvgIpc) is 3.23. The number of ether oxygens (including phenoxy) is 4.